The SMILES string of the molecule is C/C(=N\O)N(C)C.CC(=N)N1CCCN(C)CC1.CC(=N)N1CCCNCC1.CC1=NCCCN1.CC1=NCCCN1C.CC1=NCCN1.CC1=NCCN1C.CCN1CCCN=C1C.CCN1CCN=C1C. The molecule has 8 rings (SSSR count). The fourth-order valence-corrected chi connectivity index (χ4v) is 7.43. The van der Waals surface area contributed by atoms with E-state index in [2.05, 4.69) is 141 Å². The second-order valence-corrected chi connectivity index (χ2v) is 19.0. The molecule has 0 aromatic heterocycles. The summed E-state index contributed by atoms with van der Waals surface area (Å²) in [6.45, 7) is 45.5. The summed E-state index contributed by atoms with van der Waals surface area (Å²) in [6, 6.07) is 0. The number of aliphatic imine (C=N–C) groups is 6. The molecule has 8 aliphatic heterocycles. The molecule has 2 saturated heterocycles. The van der Waals surface area contributed by atoms with Crippen LogP contribution in [0, 0.1) is 10.8 Å². The van der Waals surface area contributed by atoms with Crippen molar-refractivity contribution in [3.8, 4) is 0 Å². The van der Waals surface area contributed by atoms with E-state index in [1.54, 1.807) is 11.8 Å². The molecule has 422 valence electrons. The van der Waals surface area contributed by atoms with Gasteiger partial charge < -0.3 is 60.4 Å². The smallest absolute Gasteiger partial charge is 0.140 e. The van der Waals surface area contributed by atoms with Crippen molar-refractivity contribution < 1.29 is 5.21 Å². The van der Waals surface area contributed by atoms with E-state index in [-0.39, 0.29) is 0 Å². The molecule has 0 aliphatic carbocycles. The van der Waals surface area contributed by atoms with E-state index in [4.69, 9.17) is 16.0 Å². The van der Waals surface area contributed by atoms with Crippen LogP contribution in [-0.4, -0.2) is 276 Å². The number of nitrogens with zero attached hydrogens (tertiary/aromatic N) is 15. The highest BCUT2D eigenvalue weighted by Gasteiger charge is 2.12. The summed E-state index contributed by atoms with van der Waals surface area (Å²) >= 11 is 0. The number of rotatable bonds is 2. The monoisotopic (exact) mass is 1030 g/mol. The lowest BCUT2D eigenvalue weighted by Crippen LogP contribution is -2.33. The predicted octanol–water partition coefficient (Wildman–Crippen LogP) is 4.62. The summed E-state index contributed by atoms with van der Waals surface area (Å²) in [5.74, 6) is 8.94. The number of amidine groups is 9. The van der Waals surface area contributed by atoms with Gasteiger partial charge in [0.2, 0.25) is 0 Å². The third-order valence-electron chi connectivity index (χ3n) is 12.9. The Labute approximate surface area is 444 Å². The van der Waals surface area contributed by atoms with E-state index < -0.39 is 0 Å². The Kier molecular flexibility index (Phi) is 39.4. The molecule has 73 heavy (non-hydrogen) atoms. The van der Waals surface area contributed by atoms with Crippen LogP contribution in [0.15, 0.2) is 35.1 Å². The highest BCUT2D eigenvalue weighted by Crippen LogP contribution is 2.03. The summed E-state index contributed by atoms with van der Waals surface area (Å²) in [5.41, 5.74) is 0. The number of nitrogens with one attached hydrogen (secondary N) is 5. The molecule has 0 bridgehead atoms. The van der Waals surface area contributed by atoms with Gasteiger partial charge in [0.25, 0.3) is 0 Å². The molecular weight excluding hydrogens is 921 g/mol. The van der Waals surface area contributed by atoms with Crippen LogP contribution in [0.3, 0.4) is 0 Å². The minimum Gasteiger partial charge on any atom is -0.409 e. The maximum atomic E-state index is 8.05. The molecule has 0 radical (unpaired) electrons. The zero-order valence-electron chi connectivity index (χ0n) is 49.2. The van der Waals surface area contributed by atoms with E-state index >= 15 is 0 Å². The molecular formula is C52H108N20O. The number of hydrogen-bond acceptors (Lipinski definition) is 18. The van der Waals surface area contributed by atoms with Gasteiger partial charge in [-0.05, 0) is 128 Å². The minimum atomic E-state index is 0.611. The number of oxime groups is 1. The van der Waals surface area contributed by atoms with Crippen molar-refractivity contribution in [1.29, 1.82) is 10.8 Å². The Morgan fingerprint density at radius 2 is 1.00 bits per heavy atom. The second-order valence-electron chi connectivity index (χ2n) is 19.0. The molecule has 21 heteroatoms. The first-order chi connectivity index (χ1) is 34.8. The first kappa shape index (κ1) is 68.0. The normalized spacial score (nSPS) is 19.5. The van der Waals surface area contributed by atoms with Gasteiger partial charge in [-0.25, -0.2) is 0 Å². The van der Waals surface area contributed by atoms with Crippen molar-refractivity contribution in [1.82, 2.24) is 55.1 Å². The van der Waals surface area contributed by atoms with Crippen LogP contribution in [0.25, 0.3) is 0 Å². The Morgan fingerprint density at radius 1 is 0.507 bits per heavy atom. The average molecular weight is 1030 g/mol. The van der Waals surface area contributed by atoms with Crippen LogP contribution in [-0.2, 0) is 0 Å². The third kappa shape index (κ3) is 34.9. The van der Waals surface area contributed by atoms with Gasteiger partial charge in [0.1, 0.15) is 5.84 Å². The van der Waals surface area contributed by atoms with Crippen LogP contribution in [0.2, 0.25) is 0 Å². The molecule has 0 aromatic rings. The average Bonchev–Trinajstić information content (AvgIpc) is 4.01. The molecule has 0 aromatic carbocycles. The summed E-state index contributed by atoms with van der Waals surface area (Å²) in [6.07, 6.45) is 5.99. The molecule has 8 heterocycles. The molecule has 2 fully saturated rings. The number of likely N-dealkylation sites (N-methyl/N-ethyl adjacent to an activating group) is 3. The Hall–Kier alpha value is -5.05. The van der Waals surface area contributed by atoms with Crippen molar-refractivity contribution in [2.24, 2.45) is 35.1 Å². The Bertz CT molecular complexity index is 1700. The summed E-state index contributed by atoms with van der Waals surface area (Å²) < 4.78 is 0. The zero-order chi connectivity index (χ0) is 55.0. The fraction of sp³-hybridized carbons (Fsp3) is 0.827. The van der Waals surface area contributed by atoms with E-state index in [0.29, 0.717) is 17.5 Å². The summed E-state index contributed by atoms with van der Waals surface area (Å²) in [7, 11) is 9.91. The quantitative estimate of drug-likeness (QED) is 0.0968. The second kappa shape index (κ2) is 42.3. The van der Waals surface area contributed by atoms with Gasteiger partial charge in [-0.2, -0.15) is 0 Å². The molecule has 0 unspecified atom stereocenters. The van der Waals surface area contributed by atoms with E-state index in [1.165, 1.54) is 68.7 Å². The van der Waals surface area contributed by atoms with Crippen molar-refractivity contribution in [2.75, 3.05) is 179 Å². The van der Waals surface area contributed by atoms with Gasteiger partial charge in [-0.1, -0.05) is 5.16 Å². The summed E-state index contributed by atoms with van der Waals surface area (Å²) in [5, 5.41) is 35.3. The van der Waals surface area contributed by atoms with E-state index in [0.717, 1.165) is 142 Å². The highest BCUT2D eigenvalue weighted by atomic mass is 16.4. The van der Waals surface area contributed by atoms with Gasteiger partial charge in [0.05, 0.1) is 66.3 Å². The first-order valence-electron chi connectivity index (χ1n) is 27.1. The molecule has 21 nitrogen and oxygen atoms in total. The van der Waals surface area contributed by atoms with Gasteiger partial charge in [0.15, 0.2) is 0 Å². The highest BCUT2D eigenvalue weighted by molar-refractivity contribution is 5.82. The van der Waals surface area contributed by atoms with Crippen LogP contribution in [0.4, 0.5) is 0 Å². The van der Waals surface area contributed by atoms with E-state index in [1.807, 2.05) is 48.7 Å². The molecule has 0 spiro atoms. The first-order valence-corrected chi connectivity index (χ1v) is 27.1. The topological polar surface area (TPSA) is 216 Å². The lowest BCUT2D eigenvalue weighted by Gasteiger charge is -2.25. The molecule has 0 saturated carbocycles. The van der Waals surface area contributed by atoms with Crippen molar-refractivity contribution in [3.05, 3.63) is 0 Å². The fourth-order valence-electron chi connectivity index (χ4n) is 7.43. The predicted molar refractivity (Wildman–Crippen MR) is 316 cm³/mol. The number of hydrogen-bond donors (Lipinski definition) is 6. The maximum Gasteiger partial charge on any atom is 0.140 e. The van der Waals surface area contributed by atoms with Gasteiger partial charge in [-0.15, -0.1) is 0 Å². The third-order valence-corrected chi connectivity index (χ3v) is 12.9. The zero-order valence-corrected chi connectivity index (χ0v) is 49.2. The van der Waals surface area contributed by atoms with Crippen molar-refractivity contribution >= 4 is 52.5 Å². The maximum absolute atomic E-state index is 8.05. The van der Waals surface area contributed by atoms with Crippen LogP contribution in [0.5, 0.6) is 0 Å². The largest absolute Gasteiger partial charge is 0.409 e. The molecule has 6 N–H and O–H groups in total. The van der Waals surface area contributed by atoms with Gasteiger partial charge >= 0.3 is 0 Å². The van der Waals surface area contributed by atoms with Crippen LogP contribution < -0.4 is 16.0 Å². The molecule has 8 aliphatic rings. The van der Waals surface area contributed by atoms with Crippen molar-refractivity contribution in [3.63, 3.8) is 0 Å². The van der Waals surface area contributed by atoms with Crippen LogP contribution in [0.1, 0.15) is 108 Å². The van der Waals surface area contributed by atoms with Gasteiger partial charge in [0, 0.05) is 139 Å². The molecule has 0 amide bonds. The van der Waals surface area contributed by atoms with Crippen LogP contribution >= 0.6 is 0 Å². The summed E-state index contributed by atoms with van der Waals surface area (Å²) in [4.78, 5) is 42.4. The lowest BCUT2D eigenvalue weighted by atomic mass is 10.3. The Balaban J connectivity index is 0.000000803. The lowest BCUT2D eigenvalue weighted by molar-refractivity contribution is 0.309. The van der Waals surface area contributed by atoms with Crippen molar-refractivity contribution in [2.45, 2.75) is 108 Å². The van der Waals surface area contributed by atoms with E-state index in [9.17, 15) is 0 Å². The molecule has 0 atom stereocenters. The minimum absolute atomic E-state index is 0.611. The van der Waals surface area contributed by atoms with Gasteiger partial charge in [-0.3, -0.25) is 40.8 Å². The standard InChI is InChI=1S/C8H17N3.C7H15N3.C7H14N2.2C6H12N2.2C5H10N2.C4H10N2O.C4H8N2/c1-8(9)11-5-3-4-10(2)6-7-11;1-7(8)10-5-2-3-9-4-6-10;1-3-9-6-4-5-8-7(9)2;1-6-7-4-3-5-8(6)2;1-3-8-5-4-7-6(8)2;1-5-6-3-4-7(5)2;1-5-6-3-2-4-7-5;1-4(5-7)6(2)3;1-4-5-2-3-6-4/h9H,3-7H2,1-2H3;8-9H,2-6H2,1H3;3-6H2,1-2H3;2*3-5H2,1-2H3;3-4H2,1-2H3;2-4H2,1H3,(H,6,7);7H,1-3H3;2-3H2,1H3,(H,5,6)/b;;;;;;;5-4+;. The Morgan fingerprint density at radius 3 is 1.34 bits per heavy atom.